The van der Waals surface area contributed by atoms with Gasteiger partial charge >= 0.3 is 0 Å². The lowest BCUT2D eigenvalue weighted by molar-refractivity contribution is -0.134. The molecule has 0 atom stereocenters. The predicted molar refractivity (Wildman–Crippen MR) is 150 cm³/mol. The topological polar surface area (TPSA) is 88.3 Å². The first-order chi connectivity index (χ1) is 17.6. The smallest absolute Gasteiger partial charge is 0.225 e. The second kappa shape index (κ2) is 11.3. The molecule has 1 saturated carbocycles. The monoisotopic (exact) mass is 498 g/mol. The van der Waals surface area contributed by atoms with Crippen LogP contribution in [-0.2, 0) is 15.1 Å². The van der Waals surface area contributed by atoms with Gasteiger partial charge in [0.15, 0.2) is 0 Å². The number of amides is 2. The highest BCUT2D eigenvalue weighted by Crippen LogP contribution is 2.34. The van der Waals surface area contributed by atoms with E-state index in [9.17, 15) is 9.59 Å². The highest BCUT2D eigenvalue weighted by atomic mass is 16.2. The molecule has 2 aromatic carbocycles. The van der Waals surface area contributed by atoms with Gasteiger partial charge in [0.2, 0.25) is 11.8 Å². The van der Waals surface area contributed by atoms with Crippen molar-refractivity contribution < 1.29 is 9.59 Å². The second-order valence-corrected chi connectivity index (χ2v) is 11.0. The fraction of sp³-hybridized carbons (Fsp3) is 0.387. The lowest BCUT2D eigenvalue weighted by Gasteiger charge is -2.29. The first kappa shape index (κ1) is 26.6. The van der Waals surface area contributed by atoms with Gasteiger partial charge in [0.25, 0.3) is 0 Å². The van der Waals surface area contributed by atoms with Crippen LogP contribution in [0.1, 0.15) is 51.5 Å². The molecule has 0 unspecified atom stereocenters. The van der Waals surface area contributed by atoms with Gasteiger partial charge in [0, 0.05) is 43.1 Å². The van der Waals surface area contributed by atoms with E-state index in [0.717, 1.165) is 53.6 Å². The molecule has 0 radical (unpaired) electrons. The van der Waals surface area contributed by atoms with Crippen LogP contribution in [0.15, 0.2) is 66.9 Å². The van der Waals surface area contributed by atoms with Crippen LogP contribution in [0.3, 0.4) is 0 Å². The summed E-state index contributed by atoms with van der Waals surface area (Å²) in [4.78, 5) is 31.6. The SMILES string of the molecule is CN(C)C(=O)[C@H]1CC[C@H](CC(=O)Nc2cnc(-c3ccc(C(C)(C)N)cc3)c(-c3ccccc3)c2)CC1. The maximum atomic E-state index is 12.9. The normalized spacial score (nSPS) is 17.8. The maximum absolute atomic E-state index is 12.9. The molecule has 3 N–H and O–H groups in total. The number of anilines is 1. The van der Waals surface area contributed by atoms with E-state index in [-0.39, 0.29) is 17.7 Å². The summed E-state index contributed by atoms with van der Waals surface area (Å²) in [6.45, 7) is 3.98. The van der Waals surface area contributed by atoms with Gasteiger partial charge in [-0.2, -0.15) is 0 Å². The van der Waals surface area contributed by atoms with Gasteiger partial charge < -0.3 is 16.0 Å². The molecule has 0 saturated heterocycles. The molecule has 1 fully saturated rings. The van der Waals surface area contributed by atoms with Crippen LogP contribution in [0.4, 0.5) is 5.69 Å². The Hall–Kier alpha value is -3.51. The van der Waals surface area contributed by atoms with Crippen molar-refractivity contribution in [3.8, 4) is 22.4 Å². The molecule has 6 nitrogen and oxygen atoms in total. The van der Waals surface area contributed by atoms with E-state index < -0.39 is 5.54 Å². The number of carbonyl (C=O) groups is 2. The van der Waals surface area contributed by atoms with Crippen LogP contribution in [0.2, 0.25) is 0 Å². The third kappa shape index (κ3) is 6.63. The highest BCUT2D eigenvalue weighted by Gasteiger charge is 2.28. The number of benzene rings is 2. The van der Waals surface area contributed by atoms with Gasteiger partial charge in [-0.3, -0.25) is 14.6 Å². The van der Waals surface area contributed by atoms with Crippen molar-refractivity contribution in [3.05, 3.63) is 72.4 Å². The first-order valence-corrected chi connectivity index (χ1v) is 13.1. The number of nitrogens with two attached hydrogens (primary N) is 1. The van der Waals surface area contributed by atoms with Crippen LogP contribution in [-0.4, -0.2) is 35.8 Å². The Morgan fingerprint density at radius 1 is 0.973 bits per heavy atom. The number of nitrogens with one attached hydrogen (secondary N) is 1. The van der Waals surface area contributed by atoms with Crippen LogP contribution in [0.5, 0.6) is 0 Å². The molecule has 3 aromatic rings. The van der Waals surface area contributed by atoms with Crippen LogP contribution in [0.25, 0.3) is 22.4 Å². The summed E-state index contributed by atoms with van der Waals surface area (Å²) in [6.07, 6.45) is 5.70. The van der Waals surface area contributed by atoms with Crippen molar-refractivity contribution in [1.82, 2.24) is 9.88 Å². The van der Waals surface area contributed by atoms with Gasteiger partial charge in [-0.1, -0.05) is 54.6 Å². The minimum absolute atomic E-state index is 0.00882. The van der Waals surface area contributed by atoms with Gasteiger partial charge in [-0.15, -0.1) is 0 Å². The molecular weight excluding hydrogens is 460 g/mol. The number of rotatable bonds is 7. The van der Waals surface area contributed by atoms with E-state index in [4.69, 9.17) is 10.7 Å². The van der Waals surface area contributed by atoms with E-state index in [0.29, 0.717) is 18.0 Å². The zero-order valence-electron chi connectivity index (χ0n) is 22.3. The number of hydrogen-bond donors (Lipinski definition) is 2. The Kier molecular flexibility index (Phi) is 8.08. The minimum atomic E-state index is -0.413. The van der Waals surface area contributed by atoms with Gasteiger partial charge in [0.05, 0.1) is 17.6 Å². The number of hydrogen-bond acceptors (Lipinski definition) is 4. The number of carbonyl (C=O) groups excluding carboxylic acids is 2. The lowest BCUT2D eigenvalue weighted by Crippen LogP contribution is -2.32. The molecule has 1 aliphatic rings. The van der Waals surface area contributed by atoms with Gasteiger partial charge in [-0.25, -0.2) is 0 Å². The van der Waals surface area contributed by atoms with E-state index in [1.807, 2.05) is 62.4 Å². The van der Waals surface area contributed by atoms with Crippen molar-refractivity contribution in [2.75, 3.05) is 19.4 Å². The standard InChI is InChI=1S/C31H38N4O2/c1-31(2,32)25-16-14-23(15-17-25)29-27(22-8-6-5-7-9-22)19-26(20-33-29)34-28(36)18-21-10-12-24(13-11-21)30(37)35(3)4/h5-9,14-17,19-21,24H,10-13,18,32H2,1-4H3,(H,34,36)/t21-,24-. The van der Waals surface area contributed by atoms with E-state index in [2.05, 4.69) is 17.4 Å². The zero-order chi connectivity index (χ0) is 26.6. The average molecular weight is 499 g/mol. The van der Waals surface area contributed by atoms with Gasteiger partial charge in [-0.05, 0) is 62.6 Å². The average Bonchev–Trinajstić information content (AvgIpc) is 2.88. The summed E-state index contributed by atoms with van der Waals surface area (Å²) < 4.78 is 0. The van der Waals surface area contributed by atoms with Gasteiger partial charge in [0.1, 0.15) is 0 Å². The fourth-order valence-electron chi connectivity index (χ4n) is 5.11. The zero-order valence-corrected chi connectivity index (χ0v) is 22.3. The third-order valence-electron chi connectivity index (χ3n) is 7.27. The maximum Gasteiger partial charge on any atom is 0.225 e. The largest absolute Gasteiger partial charge is 0.349 e. The van der Waals surface area contributed by atoms with Crippen molar-refractivity contribution in [3.63, 3.8) is 0 Å². The number of pyridine rings is 1. The molecule has 1 aromatic heterocycles. The highest BCUT2D eigenvalue weighted by molar-refractivity contribution is 5.93. The Morgan fingerprint density at radius 3 is 2.22 bits per heavy atom. The van der Waals surface area contributed by atoms with Crippen LogP contribution in [0, 0.1) is 11.8 Å². The van der Waals surface area contributed by atoms with E-state index >= 15 is 0 Å². The summed E-state index contributed by atoms with van der Waals surface area (Å²) >= 11 is 0. The predicted octanol–water partition coefficient (Wildman–Crippen LogP) is 5.83. The van der Waals surface area contributed by atoms with Crippen molar-refractivity contribution in [2.45, 2.75) is 51.5 Å². The Balaban J connectivity index is 1.49. The lowest BCUT2D eigenvalue weighted by atomic mass is 9.80. The van der Waals surface area contributed by atoms with Crippen molar-refractivity contribution in [2.24, 2.45) is 17.6 Å². The summed E-state index contributed by atoms with van der Waals surface area (Å²) in [5.74, 6) is 0.580. The first-order valence-electron chi connectivity index (χ1n) is 13.1. The van der Waals surface area contributed by atoms with E-state index in [1.165, 1.54) is 0 Å². The molecule has 2 amide bonds. The second-order valence-electron chi connectivity index (χ2n) is 11.0. The molecule has 37 heavy (non-hydrogen) atoms. The molecule has 1 heterocycles. The molecule has 0 bridgehead atoms. The fourth-order valence-corrected chi connectivity index (χ4v) is 5.11. The Labute approximate surface area is 220 Å². The summed E-state index contributed by atoms with van der Waals surface area (Å²) in [7, 11) is 3.61. The van der Waals surface area contributed by atoms with Crippen molar-refractivity contribution >= 4 is 17.5 Å². The Bertz CT molecular complexity index is 1220. The molecule has 194 valence electrons. The van der Waals surface area contributed by atoms with Crippen molar-refractivity contribution in [1.29, 1.82) is 0 Å². The van der Waals surface area contributed by atoms with Crippen LogP contribution < -0.4 is 11.1 Å². The summed E-state index contributed by atoms with van der Waals surface area (Å²) in [5, 5.41) is 3.07. The molecule has 6 heteroatoms. The van der Waals surface area contributed by atoms with E-state index in [1.54, 1.807) is 25.2 Å². The minimum Gasteiger partial charge on any atom is -0.349 e. The molecule has 0 spiro atoms. The third-order valence-corrected chi connectivity index (χ3v) is 7.27. The Morgan fingerprint density at radius 2 is 1.62 bits per heavy atom. The molecular formula is C31H38N4O2. The number of aromatic nitrogens is 1. The summed E-state index contributed by atoms with van der Waals surface area (Å²) in [5.41, 5.74) is 11.4. The summed E-state index contributed by atoms with van der Waals surface area (Å²) in [6, 6.07) is 20.3. The number of nitrogens with zero attached hydrogens (tertiary/aromatic N) is 2. The molecule has 0 aliphatic heterocycles. The quantitative estimate of drug-likeness (QED) is 0.429. The molecule has 4 rings (SSSR count). The van der Waals surface area contributed by atoms with Crippen LogP contribution >= 0.6 is 0 Å². The molecule has 1 aliphatic carbocycles.